The molecule has 0 aliphatic heterocycles. The average Bonchev–Trinajstić information content (AvgIpc) is 2.64. The van der Waals surface area contributed by atoms with Crippen LogP contribution in [0, 0.1) is 11.8 Å². The molecule has 1 heterocycles. The molecule has 0 aliphatic carbocycles. The van der Waals surface area contributed by atoms with Gasteiger partial charge in [-0.05, 0) is 11.8 Å². The Bertz CT molecular complexity index is 361. The summed E-state index contributed by atoms with van der Waals surface area (Å²) in [6.07, 6.45) is 7.75. The normalized spacial score (nSPS) is 12.5. The number of hydrogen-bond acceptors (Lipinski definition) is 2. The minimum Gasteiger partial charge on any atom is -0.303 e. The van der Waals surface area contributed by atoms with Crippen LogP contribution in [0.4, 0.5) is 0 Å². The predicted octanol–water partition coefficient (Wildman–Crippen LogP) is 3.00. The number of imidazole rings is 1. The summed E-state index contributed by atoms with van der Waals surface area (Å²) < 4.78 is 1.80. The van der Waals surface area contributed by atoms with Gasteiger partial charge in [-0.3, -0.25) is 4.79 Å². The third-order valence-electron chi connectivity index (χ3n) is 2.15. The molecule has 0 aliphatic rings. The zero-order chi connectivity index (χ0) is 12.1. The molecule has 1 aromatic heterocycles. The molecule has 0 saturated heterocycles. The molecule has 3 nitrogen and oxygen atoms in total. The summed E-state index contributed by atoms with van der Waals surface area (Å²) in [4.78, 5) is 16.1. The van der Waals surface area contributed by atoms with Crippen molar-refractivity contribution in [3.63, 3.8) is 0 Å². The van der Waals surface area contributed by atoms with E-state index in [-0.39, 0.29) is 5.78 Å². The first-order valence-corrected chi connectivity index (χ1v) is 5.74. The van der Waals surface area contributed by atoms with E-state index >= 15 is 0 Å². The summed E-state index contributed by atoms with van der Waals surface area (Å²) in [6, 6.07) is 0. The van der Waals surface area contributed by atoms with E-state index < -0.39 is 0 Å². The van der Waals surface area contributed by atoms with Crippen molar-refractivity contribution in [2.24, 2.45) is 11.8 Å². The van der Waals surface area contributed by atoms with Crippen molar-refractivity contribution in [2.75, 3.05) is 0 Å². The van der Waals surface area contributed by atoms with E-state index in [4.69, 9.17) is 0 Å². The van der Waals surface area contributed by atoms with E-state index in [1.54, 1.807) is 17.1 Å². The van der Waals surface area contributed by atoms with Gasteiger partial charge in [-0.1, -0.05) is 33.8 Å². The highest BCUT2D eigenvalue weighted by Gasteiger charge is 2.13. The van der Waals surface area contributed by atoms with E-state index in [1.807, 2.05) is 12.3 Å². The Hall–Kier alpha value is -1.38. The Morgan fingerprint density at radius 3 is 2.50 bits per heavy atom. The molecule has 1 aromatic rings. The number of rotatable bonds is 5. The molecule has 0 amide bonds. The lowest BCUT2D eigenvalue weighted by atomic mass is 10.0. The van der Waals surface area contributed by atoms with Gasteiger partial charge in [0.2, 0.25) is 0 Å². The quantitative estimate of drug-likeness (QED) is 0.715. The SMILES string of the molecule is CC(C)/C=C(/C(=O)CC(C)C)n1ccnc1. The Balaban J connectivity index is 2.93. The van der Waals surface area contributed by atoms with Gasteiger partial charge in [-0.25, -0.2) is 4.98 Å². The zero-order valence-electron chi connectivity index (χ0n) is 10.5. The topological polar surface area (TPSA) is 34.9 Å². The summed E-state index contributed by atoms with van der Waals surface area (Å²) in [5, 5.41) is 0. The van der Waals surface area contributed by atoms with Crippen LogP contribution in [-0.2, 0) is 4.79 Å². The van der Waals surface area contributed by atoms with E-state index in [0.717, 1.165) is 5.70 Å². The van der Waals surface area contributed by atoms with E-state index in [9.17, 15) is 4.79 Å². The molecule has 0 radical (unpaired) electrons. The van der Waals surface area contributed by atoms with Crippen LogP contribution >= 0.6 is 0 Å². The number of hydrogen-bond donors (Lipinski definition) is 0. The molecule has 0 N–H and O–H groups in total. The summed E-state index contributed by atoms with van der Waals surface area (Å²) in [6.45, 7) is 8.25. The van der Waals surface area contributed by atoms with Crippen molar-refractivity contribution in [1.29, 1.82) is 0 Å². The van der Waals surface area contributed by atoms with Crippen molar-refractivity contribution in [3.05, 3.63) is 24.8 Å². The second-order valence-electron chi connectivity index (χ2n) is 4.79. The van der Waals surface area contributed by atoms with Crippen LogP contribution in [0.2, 0.25) is 0 Å². The molecule has 0 aromatic carbocycles. The number of ketones is 1. The summed E-state index contributed by atoms with van der Waals surface area (Å²) in [7, 11) is 0. The Morgan fingerprint density at radius 2 is 2.06 bits per heavy atom. The highest BCUT2D eigenvalue weighted by Crippen LogP contribution is 2.14. The smallest absolute Gasteiger partial charge is 0.179 e. The maximum absolute atomic E-state index is 12.1. The second-order valence-corrected chi connectivity index (χ2v) is 4.79. The number of carbonyl (C=O) groups is 1. The summed E-state index contributed by atoms with van der Waals surface area (Å²) in [5.74, 6) is 0.918. The molecule has 16 heavy (non-hydrogen) atoms. The molecule has 0 atom stereocenters. The van der Waals surface area contributed by atoms with Crippen LogP contribution in [0.3, 0.4) is 0 Å². The predicted molar refractivity (Wildman–Crippen MR) is 65.8 cm³/mol. The van der Waals surface area contributed by atoms with Crippen LogP contribution in [0.15, 0.2) is 24.8 Å². The molecule has 88 valence electrons. The third kappa shape index (κ3) is 3.65. The standard InChI is InChI=1S/C13H20N2O/c1-10(2)7-12(13(16)8-11(3)4)15-6-5-14-9-15/h5-7,9-11H,8H2,1-4H3/b12-7-. The minimum absolute atomic E-state index is 0.182. The highest BCUT2D eigenvalue weighted by molar-refractivity contribution is 6.14. The molecule has 0 fully saturated rings. The van der Waals surface area contributed by atoms with Gasteiger partial charge in [0.15, 0.2) is 5.78 Å². The molecular weight excluding hydrogens is 200 g/mol. The largest absolute Gasteiger partial charge is 0.303 e. The van der Waals surface area contributed by atoms with Gasteiger partial charge >= 0.3 is 0 Å². The van der Waals surface area contributed by atoms with Gasteiger partial charge < -0.3 is 4.57 Å². The molecule has 1 rings (SSSR count). The first kappa shape index (κ1) is 12.7. The maximum Gasteiger partial charge on any atom is 0.179 e. The number of carbonyl (C=O) groups excluding carboxylic acids is 1. The number of aromatic nitrogens is 2. The van der Waals surface area contributed by atoms with Crippen LogP contribution in [0.25, 0.3) is 5.70 Å². The monoisotopic (exact) mass is 220 g/mol. The molecule has 0 spiro atoms. The summed E-state index contributed by atoms with van der Waals surface area (Å²) in [5.41, 5.74) is 0.737. The third-order valence-corrected chi connectivity index (χ3v) is 2.15. The van der Waals surface area contributed by atoms with Crippen LogP contribution in [-0.4, -0.2) is 15.3 Å². The lowest BCUT2D eigenvalue weighted by Crippen LogP contribution is -2.11. The first-order chi connectivity index (χ1) is 7.50. The van der Waals surface area contributed by atoms with Crippen molar-refractivity contribution < 1.29 is 4.79 Å². The number of allylic oxidation sites excluding steroid dienone is 2. The second kappa shape index (κ2) is 5.64. The lowest BCUT2D eigenvalue weighted by Gasteiger charge is -2.10. The van der Waals surface area contributed by atoms with Crippen molar-refractivity contribution >= 4 is 11.5 Å². The Labute approximate surface area is 97.2 Å². The van der Waals surface area contributed by atoms with Crippen LogP contribution in [0.5, 0.6) is 0 Å². The Morgan fingerprint density at radius 1 is 1.38 bits per heavy atom. The van der Waals surface area contributed by atoms with Gasteiger partial charge in [-0.15, -0.1) is 0 Å². The van der Waals surface area contributed by atoms with Crippen LogP contribution in [0.1, 0.15) is 34.1 Å². The lowest BCUT2D eigenvalue weighted by molar-refractivity contribution is -0.114. The first-order valence-electron chi connectivity index (χ1n) is 5.74. The summed E-state index contributed by atoms with van der Waals surface area (Å²) >= 11 is 0. The van der Waals surface area contributed by atoms with Gasteiger partial charge in [0.25, 0.3) is 0 Å². The highest BCUT2D eigenvalue weighted by atomic mass is 16.1. The van der Waals surface area contributed by atoms with E-state index in [1.165, 1.54) is 0 Å². The molecule has 0 bridgehead atoms. The van der Waals surface area contributed by atoms with Gasteiger partial charge in [0.05, 0.1) is 12.0 Å². The Kier molecular flexibility index (Phi) is 4.47. The van der Waals surface area contributed by atoms with E-state index in [0.29, 0.717) is 18.3 Å². The van der Waals surface area contributed by atoms with Crippen LogP contribution < -0.4 is 0 Å². The fourth-order valence-corrected chi connectivity index (χ4v) is 1.52. The van der Waals surface area contributed by atoms with Crippen molar-refractivity contribution in [3.8, 4) is 0 Å². The number of nitrogens with zero attached hydrogens (tertiary/aromatic N) is 2. The zero-order valence-corrected chi connectivity index (χ0v) is 10.5. The van der Waals surface area contributed by atoms with Gasteiger partial charge in [0, 0.05) is 18.8 Å². The average molecular weight is 220 g/mol. The van der Waals surface area contributed by atoms with Gasteiger partial charge in [-0.2, -0.15) is 0 Å². The minimum atomic E-state index is 0.182. The molecule has 3 heteroatoms. The molecular formula is C13H20N2O. The fraction of sp³-hybridized carbons (Fsp3) is 0.538. The number of Topliss-reactive ketones (excluding diaryl/α,β-unsaturated/α-hetero) is 1. The van der Waals surface area contributed by atoms with Gasteiger partial charge in [0.1, 0.15) is 0 Å². The maximum atomic E-state index is 12.1. The van der Waals surface area contributed by atoms with Crippen molar-refractivity contribution in [1.82, 2.24) is 9.55 Å². The fourth-order valence-electron chi connectivity index (χ4n) is 1.52. The van der Waals surface area contributed by atoms with Crippen molar-refractivity contribution in [2.45, 2.75) is 34.1 Å². The molecule has 0 saturated carbocycles. The molecule has 0 unspecified atom stereocenters. The van der Waals surface area contributed by atoms with E-state index in [2.05, 4.69) is 32.7 Å².